The van der Waals surface area contributed by atoms with Crippen LogP contribution in [0.2, 0.25) is 5.02 Å². The van der Waals surface area contributed by atoms with E-state index in [1.807, 2.05) is 18.7 Å². The van der Waals surface area contributed by atoms with Crippen molar-refractivity contribution in [3.8, 4) is 6.07 Å². The van der Waals surface area contributed by atoms with Crippen molar-refractivity contribution in [3.05, 3.63) is 28.8 Å². The summed E-state index contributed by atoms with van der Waals surface area (Å²) >= 11 is 5.94. The van der Waals surface area contributed by atoms with Crippen molar-refractivity contribution in [2.24, 2.45) is 0 Å². The number of nitrogens with zero attached hydrogens (tertiary/aromatic N) is 2. The van der Waals surface area contributed by atoms with E-state index in [2.05, 4.69) is 11.4 Å². The zero-order valence-electron chi connectivity index (χ0n) is 10.5. The highest BCUT2D eigenvalue weighted by Crippen LogP contribution is 2.24. The predicted octanol–water partition coefficient (Wildman–Crippen LogP) is 2.17. The number of carbonyl (C=O) groups is 1. The van der Waals surface area contributed by atoms with Gasteiger partial charge in [-0.25, -0.2) is 0 Å². The second-order valence-corrected chi connectivity index (χ2v) is 4.18. The number of carbonyl (C=O) groups excluding carboxylic acids is 1. The zero-order valence-corrected chi connectivity index (χ0v) is 11.3. The van der Waals surface area contributed by atoms with Gasteiger partial charge in [-0.1, -0.05) is 11.6 Å². The summed E-state index contributed by atoms with van der Waals surface area (Å²) in [6, 6.07) is 7.16. The van der Waals surface area contributed by atoms with Gasteiger partial charge in [-0.2, -0.15) is 5.26 Å². The maximum atomic E-state index is 11.6. The molecule has 0 aliphatic heterocycles. The Kier molecular flexibility index (Phi) is 5.47. The van der Waals surface area contributed by atoms with Crippen molar-refractivity contribution in [1.82, 2.24) is 5.32 Å². The smallest absolute Gasteiger partial charge is 0.239 e. The van der Waals surface area contributed by atoms with E-state index in [1.165, 1.54) is 0 Å². The van der Waals surface area contributed by atoms with Crippen LogP contribution in [0.1, 0.15) is 19.4 Å². The molecule has 96 valence electrons. The van der Waals surface area contributed by atoms with E-state index in [1.54, 1.807) is 18.2 Å². The predicted molar refractivity (Wildman–Crippen MR) is 72.7 cm³/mol. The molecule has 0 heterocycles. The first kappa shape index (κ1) is 14.3. The van der Waals surface area contributed by atoms with Crippen LogP contribution in [0.25, 0.3) is 0 Å². The van der Waals surface area contributed by atoms with Gasteiger partial charge in [0.1, 0.15) is 6.07 Å². The number of likely N-dealkylation sites (N-methyl/N-ethyl adjacent to an activating group) is 2. The summed E-state index contributed by atoms with van der Waals surface area (Å²) < 4.78 is 0. The Morgan fingerprint density at radius 1 is 1.50 bits per heavy atom. The number of hydrogen-bond donors (Lipinski definition) is 1. The molecule has 0 saturated carbocycles. The summed E-state index contributed by atoms with van der Waals surface area (Å²) in [6.45, 7) is 5.25. The highest BCUT2D eigenvalue weighted by molar-refractivity contribution is 6.30. The maximum Gasteiger partial charge on any atom is 0.239 e. The molecule has 5 heteroatoms. The standard InChI is InChI=1S/C13H16ClN3O/c1-3-16-13(18)9-17(4-2)12-7-11(14)6-5-10(12)8-15/h5-7H,3-4,9H2,1-2H3,(H,16,18). The first-order chi connectivity index (χ1) is 8.62. The van der Waals surface area contributed by atoms with Gasteiger partial charge < -0.3 is 10.2 Å². The van der Waals surface area contributed by atoms with Crippen LogP contribution in [-0.2, 0) is 4.79 Å². The molecule has 0 atom stereocenters. The number of nitrogens with one attached hydrogen (secondary N) is 1. The van der Waals surface area contributed by atoms with E-state index in [-0.39, 0.29) is 12.5 Å². The van der Waals surface area contributed by atoms with Crippen LogP contribution in [0, 0.1) is 11.3 Å². The molecule has 0 fully saturated rings. The van der Waals surface area contributed by atoms with Crippen molar-refractivity contribution in [3.63, 3.8) is 0 Å². The molecule has 0 spiro atoms. The Hall–Kier alpha value is -1.73. The second kappa shape index (κ2) is 6.87. The number of anilines is 1. The Labute approximate surface area is 112 Å². The fourth-order valence-corrected chi connectivity index (χ4v) is 1.82. The third-order valence-electron chi connectivity index (χ3n) is 2.51. The lowest BCUT2D eigenvalue weighted by molar-refractivity contribution is -0.119. The van der Waals surface area contributed by atoms with E-state index in [0.717, 1.165) is 0 Å². The third-order valence-corrected chi connectivity index (χ3v) is 2.75. The van der Waals surface area contributed by atoms with Crippen LogP contribution < -0.4 is 10.2 Å². The van der Waals surface area contributed by atoms with Gasteiger partial charge in [-0.15, -0.1) is 0 Å². The highest BCUT2D eigenvalue weighted by atomic mass is 35.5. The maximum absolute atomic E-state index is 11.6. The fourth-order valence-electron chi connectivity index (χ4n) is 1.65. The summed E-state index contributed by atoms with van der Waals surface area (Å²) in [6.07, 6.45) is 0. The number of amides is 1. The Bertz CT molecular complexity index is 468. The first-order valence-corrected chi connectivity index (χ1v) is 6.21. The quantitative estimate of drug-likeness (QED) is 0.888. The molecule has 1 aromatic rings. The fraction of sp³-hybridized carbons (Fsp3) is 0.385. The average Bonchev–Trinajstić information content (AvgIpc) is 2.36. The minimum absolute atomic E-state index is 0.0665. The molecule has 0 saturated heterocycles. The number of hydrogen-bond acceptors (Lipinski definition) is 3. The molecule has 0 aliphatic rings. The molecule has 0 bridgehead atoms. The lowest BCUT2D eigenvalue weighted by Crippen LogP contribution is -2.37. The van der Waals surface area contributed by atoms with E-state index in [4.69, 9.17) is 16.9 Å². The van der Waals surface area contributed by atoms with Crippen LogP contribution >= 0.6 is 11.6 Å². The minimum Gasteiger partial charge on any atom is -0.361 e. The lowest BCUT2D eigenvalue weighted by Gasteiger charge is -2.23. The molecule has 0 aliphatic carbocycles. The third kappa shape index (κ3) is 3.64. The van der Waals surface area contributed by atoms with Gasteiger partial charge in [-0.05, 0) is 32.0 Å². The molecule has 1 rings (SSSR count). The van der Waals surface area contributed by atoms with Gasteiger partial charge in [0.2, 0.25) is 5.91 Å². The molecular weight excluding hydrogens is 250 g/mol. The zero-order chi connectivity index (χ0) is 13.5. The molecular formula is C13H16ClN3O. The summed E-state index contributed by atoms with van der Waals surface area (Å²) in [7, 11) is 0. The van der Waals surface area contributed by atoms with Crippen LogP contribution in [0.3, 0.4) is 0 Å². The lowest BCUT2D eigenvalue weighted by atomic mass is 10.1. The SMILES string of the molecule is CCNC(=O)CN(CC)c1cc(Cl)ccc1C#N. The molecule has 1 aromatic carbocycles. The van der Waals surface area contributed by atoms with Crippen LogP contribution in [-0.4, -0.2) is 25.5 Å². The number of halogens is 1. The largest absolute Gasteiger partial charge is 0.361 e. The summed E-state index contributed by atoms with van der Waals surface area (Å²) in [5.74, 6) is -0.0665. The van der Waals surface area contributed by atoms with E-state index < -0.39 is 0 Å². The van der Waals surface area contributed by atoms with Crippen molar-refractivity contribution < 1.29 is 4.79 Å². The molecule has 1 N–H and O–H groups in total. The highest BCUT2D eigenvalue weighted by Gasteiger charge is 2.13. The molecule has 0 radical (unpaired) electrons. The summed E-state index contributed by atoms with van der Waals surface area (Å²) in [4.78, 5) is 13.4. The molecule has 4 nitrogen and oxygen atoms in total. The number of rotatable bonds is 5. The van der Waals surface area contributed by atoms with Gasteiger partial charge >= 0.3 is 0 Å². The van der Waals surface area contributed by atoms with Gasteiger partial charge in [0.15, 0.2) is 0 Å². The molecule has 18 heavy (non-hydrogen) atoms. The second-order valence-electron chi connectivity index (χ2n) is 3.74. The molecule has 0 aromatic heterocycles. The number of benzene rings is 1. The van der Waals surface area contributed by atoms with Gasteiger partial charge in [0.05, 0.1) is 17.8 Å². The first-order valence-electron chi connectivity index (χ1n) is 5.83. The summed E-state index contributed by atoms with van der Waals surface area (Å²) in [5.41, 5.74) is 1.21. The topological polar surface area (TPSA) is 56.1 Å². The Balaban J connectivity index is 2.98. The molecule has 0 unspecified atom stereocenters. The minimum atomic E-state index is -0.0665. The van der Waals surface area contributed by atoms with Crippen LogP contribution in [0.4, 0.5) is 5.69 Å². The van der Waals surface area contributed by atoms with Crippen molar-refractivity contribution in [2.75, 3.05) is 24.5 Å². The number of nitriles is 1. The molecule has 1 amide bonds. The summed E-state index contributed by atoms with van der Waals surface area (Å²) in [5, 5.41) is 12.4. The van der Waals surface area contributed by atoms with Gasteiger partial charge in [0, 0.05) is 18.1 Å². The van der Waals surface area contributed by atoms with E-state index in [9.17, 15) is 4.79 Å². The normalized spacial score (nSPS) is 9.67. The van der Waals surface area contributed by atoms with E-state index >= 15 is 0 Å². The van der Waals surface area contributed by atoms with Crippen molar-refractivity contribution >= 4 is 23.2 Å². The van der Waals surface area contributed by atoms with Crippen molar-refractivity contribution in [2.45, 2.75) is 13.8 Å². The Morgan fingerprint density at radius 2 is 2.22 bits per heavy atom. The van der Waals surface area contributed by atoms with E-state index in [0.29, 0.717) is 29.4 Å². The van der Waals surface area contributed by atoms with Gasteiger partial charge in [-0.3, -0.25) is 4.79 Å². The van der Waals surface area contributed by atoms with Crippen LogP contribution in [0.15, 0.2) is 18.2 Å². The Morgan fingerprint density at radius 3 is 2.78 bits per heavy atom. The monoisotopic (exact) mass is 265 g/mol. The van der Waals surface area contributed by atoms with Gasteiger partial charge in [0.25, 0.3) is 0 Å². The van der Waals surface area contributed by atoms with Crippen molar-refractivity contribution in [1.29, 1.82) is 5.26 Å². The average molecular weight is 266 g/mol. The van der Waals surface area contributed by atoms with Crippen LogP contribution in [0.5, 0.6) is 0 Å².